The average molecular weight is 250 g/mol. The number of hydrogen-bond donors (Lipinski definition) is 2. The van der Waals surface area contributed by atoms with Gasteiger partial charge in [0.25, 0.3) is 0 Å². The molecule has 0 spiro atoms. The van der Waals surface area contributed by atoms with Gasteiger partial charge in [0.2, 0.25) is 5.91 Å². The van der Waals surface area contributed by atoms with E-state index < -0.39 is 0 Å². The van der Waals surface area contributed by atoms with E-state index in [0.717, 1.165) is 0 Å². The molecule has 0 radical (unpaired) electrons. The summed E-state index contributed by atoms with van der Waals surface area (Å²) in [5.74, 6) is 1.16. The summed E-state index contributed by atoms with van der Waals surface area (Å²) >= 11 is 0. The molecule has 1 amide bonds. The molecule has 1 unspecified atom stereocenters. The van der Waals surface area contributed by atoms with Crippen LogP contribution >= 0.6 is 0 Å². The lowest BCUT2D eigenvalue weighted by Crippen LogP contribution is -2.29. The summed E-state index contributed by atoms with van der Waals surface area (Å²) in [6.07, 6.45) is 0. The number of hydrogen-bond acceptors (Lipinski definition) is 4. The predicted octanol–water partition coefficient (Wildman–Crippen LogP) is 1.25. The maximum Gasteiger partial charge on any atom is 0.228 e. The maximum atomic E-state index is 11.9. The molecule has 1 heterocycles. The van der Waals surface area contributed by atoms with E-state index in [1.54, 1.807) is 0 Å². The number of amides is 1. The van der Waals surface area contributed by atoms with Crippen LogP contribution in [0.15, 0.2) is 18.2 Å². The molecule has 1 aliphatic rings. The first-order valence-corrected chi connectivity index (χ1v) is 6.06. The highest BCUT2D eigenvalue weighted by Gasteiger charge is 2.19. The van der Waals surface area contributed by atoms with Crippen molar-refractivity contribution in [3.05, 3.63) is 18.2 Å². The minimum Gasteiger partial charge on any atom is -0.486 e. The lowest BCUT2D eigenvalue weighted by Gasteiger charge is -2.21. The van der Waals surface area contributed by atoms with Crippen LogP contribution in [0.4, 0.5) is 5.69 Å². The Labute approximate surface area is 106 Å². The number of anilines is 1. The Bertz CT molecular complexity index is 434. The fourth-order valence-corrected chi connectivity index (χ4v) is 1.83. The van der Waals surface area contributed by atoms with Crippen LogP contribution < -0.4 is 20.1 Å². The van der Waals surface area contributed by atoms with Crippen molar-refractivity contribution in [2.24, 2.45) is 5.92 Å². The van der Waals surface area contributed by atoms with Crippen LogP contribution in [0.1, 0.15) is 6.92 Å². The molecule has 0 fully saturated rings. The highest BCUT2D eigenvalue weighted by Crippen LogP contribution is 2.37. The van der Waals surface area contributed by atoms with Gasteiger partial charge in [-0.15, -0.1) is 0 Å². The molecule has 1 atom stereocenters. The van der Waals surface area contributed by atoms with Crippen molar-refractivity contribution in [2.45, 2.75) is 6.92 Å². The van der Waals surface area contributed by atoms with E-state index in [0.29, 0.717) is 36.9 Å². The molecule has 0 aliphatic carbocycles. The number of carbonyl (C=O) groups is 1. The molecule has 5 heteroatoms. The summed E-state index contributed by atoms with van der Waals surface area (Å²) in [6.45, 7) is 3.56. The molecule has 98 valence electrons. The van der Waals surface area contributed by atoms with Gasteiger partial charge in [-0.05, 0) is 19.2 Å². The van der Waals surface area contributed by atoms with Crippen LogP contribution in [0.3, 0.4) is 0 Å². The quantitative estimate of drug-likeness (QED) is 0.844. The second kappa shape index (κ2) is 5.73. The Morgan fingerprint density at radius 1 is 1.39 bits per heavy atom. The van der Waals surface area contributed by atoms with Crippen LogP contribution in [-0.2, 0) is 4.79 Å². The zero-order valence-electron chi connectivity index (χ0n) is 10.7. The molecule has 1 aliphatic heterocycles. The van der Waals surface area contributed by atoms with E-state index in [1.807, 2.05) is 32.2 Å². The van der Waals surface area contributed by atoms with E-state index in [2.05, 4.69) is 10.6 Å². The van der Waals surface area contributed by atoms with E-state index >= 15 is 0 Å². The Morgan fingerprint density at radius 2 is 2.17 bits per heavy atom. The van der Waals surface area contributed by atoms with E-state index in [9.17, 15) is 4.79 Å². The van der Waals surface area contributed by atoms with Crippen molar-refractivity contribution in [2.75, 3.05) is 32.1 Å². The fourth-order valence-electron chi connectivity index (χ4n) is 1.83. The van der Waals surface area contributed by atoms with Crippen LogP contribution in [0.2, 0.25) is 0 Å². The number of nitrogens with one attached hydrogen (secondary N) is 2. The maximum absolute atomic E-state index is 11.9. The lowest BCUT2D eigenvalue weighted by atomic mass is 10.1. The first-order chi connectivity index (χ1) is 8.72. The molecule has 0 bridgehead atoms. The third-order valence-electron chi connectivity index (χ3n) is 2.78. The summed E-state index contributed by atoms with van der Waals surface area (Å²) in [7, 11) is 1.82. The molecule has 2 N–H and O–H groups in total. The number of benzene rings is 1. The Balaban J connectivity index is 2.12. The number of rotatable bonds is 4. The van der Waals surface area contributed by atoms with Gasteiger partial charge in [0.1, 0.15) is 13.2 Å². The summed E-state index contributed by atoms with van der Waals surface area (Å²) in [4.78, 5) is 11.9. The highest BCUT2D eigenvalue weighted by molar-refractivity contribution is 5.94. The van der Waals surface area contributed by atoms with Crippen molar-refractivity contribution < 1.29 is 14.3 Å². The Kier molecular flexibility index (Phi) is 4.04. The first-order valence-electron chi connectivity index (χ1n) is 6.06. The number of carbonyl (C=O) groups excluding carboxylic acids is 1. The monoisotopic (exact) mass is 250 g/mol. The molecule has 0 saturated heterocycles. The summed E-state index contributed by atoms with van der Waals surface area (Å²) in [5, 5.41) is 5.85. The normalized spacial score (nSPS) is 15.0. The van der Waals surface area contributed by atoms with E-state index in [1.165, 1.54) is 0 Å². The molecule has 1 aromatic rings. The second-order valence-corrected chi connectivity index (χ2v) is 4.28. The van der Waals surface area contributed by atoms with Gasteiger partial charge in [-0.3, -0.25) is 4.79 Å². The average Bonchev–Trinajstić information content (AvgIpc) is 2.39. The third kappa shape index (κ3) is 2.73. The minimum absolute atomic E-state index is 0.0353. The number of ether oxygens (including phenoxy) is 2. The first kappa shape index (κ1) is 12.7. The van der Waals surface area contributed by atoms with Crippen LogP contribution in [0, 0.1) is 5.92 Å². The van der Waals surface area contributed by atoms with Gasteiger partial charge in [-0.1, -0.05) is 13.0 Å². The van der Waals surface area contributed by atoms with Crippen molar-refractivity contribution in [3.63, 3.8) is 0 Å². The topological polar surface area (TPSA) is 59.6 Å². The van der Waals surface area contributed by atoms with Gasteiger partial charge in [0.05, 0.1) is 5.69 Å². The number of para-hydroxylation sites is 1. The standard InChI is InChI=1S/C13H18N2O3/c1-9(8-14-2)13(16)15-10-4-3-5-11-12(10)18-7-6-17-11/h3-5,9,14H,6-8H2,1-2H3,(H,15,16). The van der Waals surface area contributed by atoms with Gasteiger partial charge in [0, 0.05) is 12.5 Å². The Morgan fingerprint density at radius 3 is 2.94 bits per heavy atom. The summed E-state index contributed by atoms with van der Waals surface area (Å²) < 4.78 is 11.0. The van der Waals surface area contributed by atoms with Crippen molar-refractivity contribution in [3.8, 4) is 11.5 Å². The largest absolute Gasteiger partial charge is 0.486 e. The fraction of sp³-hybridized carbons (Fsp3) is 0.462. The van der Waals surface area contributed by atoms with Crippen LogP contribution in [-0.4, -0.2) is 32.7 Å². The zero-order chi connectivity index (χ0) is 13.0. The molecular weight excluding hydrogens is 232 g/mol. The minimum atomic E-state index is -0.102. The van der Waals surface area contributed by atoms with Gasteiger partial charge in [-0.2, -0.15) is 0 Å². The summed E-state index contributed by atoms with van der Waals surface area (Å²) in [5.41, 5.74) is 0.667. The highest BCUT2D eigenvalue weighted by atomic mass is 16.6. The van der Waals surface area contributed by atoms with Gasteiger partial charge in [-0.25, -0.2) is 0 Å². The smallest absolute Gasteiger partial charge is 0.228 e. The molecular formula is C13H18N2O3. The number of fused-ring (bicyclic) bond motifs is 1. The van der Waals surface area contributed by atoms with Crippen molar-refractivity contribution in [1.82, 2.24) is 5.32 Å². The van der Waals surface area contributed by atoms with Gasteiger partial charge < -0.3 is 20.1 Å². The predicted molar refractivity (Wildman–Crippen MR) is 69.2 cm³/mol. The van der Waals surface area contributed by atoms with Gasteiger partial charge >= 0.3 is 0 Å². The van der Waals surface area contributed by atoms with Gasteiger partial charge in [0.15, 0.2) is 11.5 Å². The molecule has 18 heavy (non-hydrogen) atoms. The molecule has 0 aromatic heterocycles. The lowest BCUT2D eigenvalue weighted by molar-refractivity contribution is -0.119. The van der Waals surface area contributed by atoms with Crippen molar-refractivity contribution >= 4 is 11.6 Å². The molecule has 5 nitrogen and oxygen atoms in total. The van der Waals surface area contributed by atoms with Crippen LogP contribution in [0.5, 0.6) is 11.5 Å². The molecule has 0 saturated carbocycles. The summed E-state index contributed by atoms with van der Waals surface area (Å²) in [6, 6.07) is 5.49. The van der Waals surface area contributed by atoms with E-state index in [4.69, 9.17) is 9.47 Å². The molecule has 1 aromatic carbocycles. The van der Waals surface area contributed by atoms with E-state index in [-0.39, 0.29) is 11.8 Å². The third-order valence-corrected chi connectivity index (χ3v) is 2.78. The van der Waals surface area contributed by atoms with Crippen LogP contribution in [0.25, 0.3) is 0 Å². The second-order valence-electron chi connectivity index (χ2n) is 4.28. The molecule has 2 rings (SSSR count). The zero-order valence-corrected chi connectivity index (χ0v) is 10.7. The Hall–Kier alpha value is -1.75. The van der Waals surface area contributed by atoms with Crippen molar-refractivity contribution in [1.29, 1.82) is 0 Å². The SMILES string of the molecule is CNCC(C)C(=O)Nc1cccc2c1OCCO2.